The Morgan fingerprint density at radius 1 is 1.38 bits per heavy atom. The van der Waals surface area contributed by atoms with E-state index in [1.165, 1.54) is 19.2 Å². The van der Waals surface area contributed by atoms with E-state index < -0.39 is 14.5 Å². The zero-order valence-corrected chi connectivity index (χ0v) is 14.1. The molecule has 0 bridgehead atoms. The predicted octanol–water partition coefficient (Wildman–Crippen LogP) is 2.68. The Morgan fingerprint density at radius 3 is 2.48 bits per heavy atom. The monoisotopic (exact) mass is 333 g/mol. The van der Waals surface area contributed by atoms with E-state index >= 15 is 0 Å². The second-order valence-electron chi connectivity index (χ2n) is 5.34. The molecule has 0 aliphatic heterocycles. The fourth-order valence-electron chi connectivity index (χ4n) is 1.60. The van der Waals surface area contributed by atoms with Crippen LogP contribution in [0.3, 0.4) is 0 Å². The van der Waals surface area contributed by atoms with Gasteiger partial charge in [-0.05, 0) is 24.1 Å². The average molecular weight is 334 g/mol. The van der Waals surface area contributed by atoms with Gasteiger partial charge < -0.3 is 10.1 Å². The SMILES string of the molecule is CCC(C)(C)C(=O)NCc1ccc(OC)c(S(=O)(=O)Cl)c1. The lowest BCUT2D eigenvalue weighted by molar-refractivity contribution is -0.129. The number of nitrogens with one attached hydrogen (secondary N) is 1. The van der Waals surface area contributed by atoms with Gasteiger partial charge in [-0.15, -0.1) is 0 Å². The third-order valence-electron chi connectivity index (χ3n) is 3.44. The Bertz CT molecular complexity index is 626. The molecule has 7 heteroatoms. The largest absolute Gasteiger partial charge is 0.495 e. The van der Waals surface area contributed by atoms with E-state index in [1.54, 1.807) is 6.07 Å². The molecule has 0 atom stereocenters. The van der Waals surface area contributed by atoms with Gasteiger partial charge in [-0.1, -0.05) is 26.8 Å². The van der Waals surface area contributed by atoms with E-state index in [2.05, 4.69) is 5.32 Å². The van der Waals surface area contributed by atoms with Crippen LogP contribution in [0.15, 0.2) is 23.1 Å². The molecule has 0 saturated heterocycles. The average Bonchev–Trinajstić information content (AvgIpc) is 2.43. The first-order valence-electron chi connectivity index (χ1n) is 6.51. The first-order chi connectivity index (χ1) is 9.61. The summed E-state index contributed by atoms with van der Waals surface area (Å²) in [5.74, 6) is 0.0880. The van der Waals surface area contributed by atoms with Crippen LogP contribution in [0.1, 0.15) is 32.8 Å². The smallest absolute Gasteiger partial charge is 0.264 e. The van der Waals surface area contributed by atoms with Crippen LogP contribution in [0.2, 0.25) is 0 Å². The molecule has 1 rings (SSSR count). The van der Waals surface area contributed by atoms with Gasteiger partial charge in [0, 0.05) is 22.6 Å². The van der Waals surface area contributed by atoms with Crippen LogP contribution in [0, 0.1) is 5.41 Å². The molecule has 1 N–H and O–H groups in total. The zero-order chi connectivity index (χ0) is 16.3. The second-order valence-corrected chi connectivity index (χ2v) is 7.88. The van der Waals surface area contributed by atoms with Crippen LogP contribution in [-0.4, -0.2) is 21.4 Å². The van der Waals surface area contributed by atoms with E-state index in [0.29, 0.717) is 12.0 Å². The molecule has 0 unspecified atom stereocenters. The van der Waals surface area contributed by atoms with Crippen molar-refractivity contribution in [3.63, 3.8) is 0 Å². The van der Waals surface area contributed by atoms with Gasteiger partial charge in [0.2, 0.25) is 5.91 Å². The molecule has 0 saturated carbocycles. The third kappa shape index (κ3) is 4.61. The highest BCUT2D eigenvalue weighted by Gasteiger charge is 2.25. The third-order valence-corrected chi connectivity index (χ3v) is 4.79. The fourth-order valence-corrected chi connectivity index (χ4v) is 2.65. The maximum absolute atomic E-state index is 12.0. The van der Waals surface area contributed by atoms with Crippen LogP contribution < -0.4 is 10.1 Å². The van der Waals surface area contributed by atoms with E-state index in [9.17, 15) is 13.2 Å². The summed E-state index contributed by atoms with van der Waals surface area (Å²) in [5, 5.41) is 2.79. The fraction of sp³-hybridized carbons (Fsp3) is 0.500. The summed E-state index contributed by atoms with van der Waals surface area (Å²) < 4.78 is 28.0. The van der Waals surface area contributed by atoms with E-state index in [1.807, 2.05) is 20.8 Å². The van der Waals surface area contributed by atoms with Gasteiger partial charge in [0.1, 0.15) is 10.6 Å². The van der Waals surface area contributed by atoms with Crippen molar-refractivity contribution in [2.24, 2.45) is 5.41 Å². The number of rotatable bonds is 6. The van der Waals surface area contributed by atoms with Crippen LogP contribution >= 0.6 is 10.7 Å². The lowest BCUT2D eigenvalue weighted by atomic mass is 9.89. The summed E-state index contributed by atoms with van der Waals surface area (Å²) in [4.78, 5) is 11.9. The molecule has 118 valence electrons. The molecule has 0 fully saturated rings. The zero-order valence-electron chi connectivity index (χ0n) is 12.6. The molecular formula is C14H20ClNO4S. The summed E-state index contributed by atoms with van der Waals surface area (Å²) in [6, 6.07) is 4.60. The highest BCUT2D eigenvalue weighted by atomic mass is 35.7. The standard InChI is InChI=1S/C14H20ClNO4S/c1-5-14(2,3)13(17)16-9-10-6-7-11(20-4)12(8-10)21(15,18)19/h6-8H,5,9H2,1-4H3,(H,16,17). The maximum atomic E-state index is 12.0. The van der Waals surface area contributed by atoms with E-state index in [4.69, 9.17) is 15.4 Å². The molecule has 1 amide bonds. The van der Waals surface area contributed by atoms with Gasteiger partial charge in [-0.25, -0.2) is 8.42 Å². The van der Waals surface area contributed by atoms with Crippen LogP contribution in [0.4, 0.5) is 0 Å². The first kappa shape index (κ1) is 17.8. The van der Waals surface area contributed by atoms with Crippen LogP contribution in [-0.2, 0) is 20.4 Å². The first-order valence-corrected chi connectivity index (χ1v) is 8.82. The van der Waals surface area contributed by atoms with Gasteiger partial charge in [0.25, 0.3) is 9.05 Å². The molecule has 1 aromatic rings. The van der Waals surface area contributed by atoms with Gasteiger partial charge in [-0.3, -0.25) is 4.79 Å². The number of hydrogen-bond donors (Lipinski definition) is 1. The molecule has 0 aliphatic rings. The number of halogens is 1. The maximum Gasteiger partial charge on any atom is 0.264 e. The summed E-state index contributed by atoms with van der Waals surface area (Å²) in [5.41, 5.74) is 0.170. The molecule has 0 aromatic heterocycles. The molecule has 0 aliphatic carbocycles. The number of methoxy groups -OCH3 is 1. The Labute approximate surface area is 130 Å². The quantitative estimate of drug-likeness (QED) is 0.812. The Morgan fingerprint density at radius 2 is 2.00 bits per heavy atom. The Balaban J connectivity index is 2.95. The van der Waals surface area contributed by atoms with Gasteiger partial charge in [-0.2, -0.15) is 0 Å². The number of carbonyl (C=O) groups is 1. The van der Waals surface area contributed by atoms with E-state index in [-0.39, 0.29) is 23.1 Å². The lowest BCUT2D eigenvalue weighted by Gasteiger charge is -2.21. The molecule has 21 heavy (non-hydrogen) atoms. The van der Waals surface area contributed by atoms with Crippen molar-refractivity contribution in [1.29, 1.82) is 0 Å². The second kappa shape index (κ2) is 6.66. The minimum Gasteiger partial charge on any atom is -0.495 e. The molecule has 0 spiro atoms. The normalized spacial score (nSPS) is 12.0. The number of benzene rings is 1. The van der Waals surface area contributed by atoms with Crippen molar-refractivity contribution < 1.29 is 17.9 Å². The van der Waals surface area contributed by atoms with Crippen molar-refractivity contribution in [2.75, 3.05) is 7.11 Å². The Kier molecular flexibility index (Phi) is 5.64. The van der Waals surface area contributed by atoms with Gasteiger partial charge in [0.15, 0.2) is 0 Å². The molecule has 5 nitrogen and oxygen atoms in total. The molecular weight excluding hydrogens is 314 g/mol. The minimum atomic E-state index is -3.91. The summed E-state index contributed by atoms with van der Waals surface area (Å²) >= 11 is 0. The summed E-state index contributed by atoms with van der Waals surface area (Å²) in [6.45, 7) is 5.87. The van der Waals surface area contributed by atoms with Crippen molar-refractivity contribution >= 4 is 25.6 Å². The molecule has 0 radical (unpaired) electrons. The van der Waals surface area contributed by atoms with Crippen molar-refractivity contribution in [3.8, 4) is 5.75 Å². The Hall–Kier alpha value is -1.27. The van der Waals surface area contributed by atoms with Crippen LogP contribution in [0.25, 0.3) is 0 Å². The molecule has 0 heterocycles. The summed E-state index contributed by atoms with van der Waals surface area (Å²) in [7, 11) is 2.84. The number of hydrogen-bond acceptors (Lipinski definition) is 4. The highest BCUT2D eigenvalue weighted by Crippen LogP contribution is 2.28. The topological polar surface area (TPSA) is 72.5 Å². The lowest BCUT2D eigenvalue weighted by Crippen LogP contribution is -2.36. The molecule has 1 aromatic carbocycles. The van der Waals surface area contributed by atoms with E-state index in [0.717, 1.165) is 0 Å². The number of carbonyl (C=O) groups excluding carboxylic acids is 1. The number of ether oxygens (including phenoxy) is 1. The van der Waals surface area contributed by atoms with Crippen molar-refractivity contribution in [3.05, 3.63) is 23.8 Å². The van der Waals surface area contributed by atoms with Crippen molar-refractivity contribution in [2.45, 2.75) is 38.6 Å². The summed E-state index contributed by atoms with van der Waals surface area (Å²) in [6.07, 6.45) is 0.711. The van der Waals surface area contributed by atoms with Gasteiger partial charge in [0.05, 0.1) is 7.11 Å². The highest BCUT2D eigenvalue weighted by molar-refractivity contribution is 8.13. The van der Waals surface area contributed by atoms with Gasteiger partial charge >= 0.3 is 0 Å². The van der Waals surface area contributed by atoms with Crippen molar-refractivity contribution in [1.82, 2.24) is 5.32 Å². The van der Waals surface area contributed by atoms with Crippen LogP contribution in [0.5, 0.6) is 5.75 Å². The number of amides is 1. The minimum absolute atomic E-state index is 0.0869. The predicted molar refractivity (Wildman–Crippen MR) is 82.0 cm³/mol.